The molecule has 1 unspecified atom stereocenters. The van der Waals surface area contributed by atoms with Gasteiger partial charge in [-0.15, -0.1) is 0 Å². The zero-order valence-corrected chi connectivity index (χ0v) is 9.85. The van der Waals surface area contributed by atoms with Gasteiger partial charge in [0.15, 0.2) is 0 Å². The van der Waals surface area contributed by atoms with Gasteiger partial charge in [-0.05, 0) is 30.7 Å². The van der Waals surface area contributed by atoms with E-state index in [0.717, 1.165) is 6.42 Å². The number of hydrogen-bond donors (Lipinski definition) is 1. The first-order valence-electron chi connectivity index (χ1n) is 5.04. The smallest absolute Gasteiger partial charge is 0.232 e. The Hall–Kier alpha value is -1.23. The third-order valence-electron chi connectivity index (χ3n) is 1.91. The third-order valence-corrected chi connectivity index (χ3v) is 3.23. The Bertz CT molecular complexity index is 378. The summed E-state index contributed by atoms with van der Waals surface area (Å²) < 4.78 is 24.3. The second-order valence-electron chi connectivity index (χ2n) is 3.29. The van der Waals surface area contributed by atoms with Crippen LogP contribution >= 0.6 is 0 Å². The van der Waals surface area contributed by atoms with Crippen molar-refractivity contribution in [1.82, 2.24) is 5.32 Å². The lowest BCUT2D eigenvalue weighted by Gasteiger charge is -2.03. The lowest BCUT2D eigenvalue weighted by molar-refractivity contribution is -0.118. The van der Waals surface area contributed by atoms with E-state index >= 15 is 0 Å². The maximum absolute atomic E-state index is 12.6. The zero-order chi connectivity index (χ0) is 12.0. The molecule has 0 aliphatic rings. The molecule has 0 spiro atoms. The molecule has 5 heteroatoms. The van der Waals surface area contributed by atoms with Crippen LogP contribution in [-0.2, 0) is 15.6 Å². The minimum atomic E-state index is -1.40. The molecule has 1 amide bonds. The van der Waals surface area contributed by atoms with Crippen molar-refractivity contribution in [1.29, 1.82) is 0 Å². The van der Waals surface area contributed by atoms with Crippen molar-refractivity contribution in [3.05, 3.63) is 30.1 Å². The summed E-state index contributed by atoms with van der Waals surface area (Å²) in [4.78, 5) is 11.7. The fourth-order valence-corrected chi connectivity index (χ4v) is 2.05. The molecule has 1 aromatic rings. The predicted molar refractivity (Wildman–Crippen MR) is 61.0 cm³/mol. The number of rotatable bonds is 5. The van der Waals surface area contributed by atoms with Crippen LogP contribution in [-0.4, -0.2) is 22.4 Å². The zero-order valence-electron chi connectivity index (χ0n) is 9.03. The first-order valence-corrected chi connectivity index (χ1v) is 6.36. The molecular formula is C11H14FNO2S. The fraction of sp³-hybridized carbons (Fsp3) is 0.364. The van der Waals surface area contributed by atoms with E-state index in [1.165, 1.54) is 24.3 Å². The van der Waals surface area contributed by atoms with Crippen LogP contribution in [0.5, 0.6) is 0 Å². The molecule has 0 aromatic heterocycles. The Morgan fingerprint density at radius 1 is 1.38 bits per heavy atom. The van der Waals surface area contributed by atoms with Crippen molar-refractivity contribution in [2.45, 2.75) is 18.2 Å². The van der Waals surface area contributed by atoms with E-state index in [4.69, 9.17) is 0 Å². The highest BCUT2D eigenvalue weighted by Gasteiger charge is 2.09. The van der Waals surface area contributed by atoms with Crippen molar-refractivity contribution < 1.29 is 13.4 Å². The number of benzene rings is 1. The first-order chi connectivity index (χ1) is 7.63. The Morgan fingerprint density at radius 3 is 2.56 bits per heavy atom. The fourth-order valence-electron chi connectivity index (χ4n) is 1.10. The molecule has 0 radical (unpaired) electrons. The van der Waals surface area contributed by atoms with Gasteiger partial charge in [-0.1, -0.05) is 6.92 Å². The second kappa shape index (κ2) is 6.37. The number of nitrogens with one attached hydrogen (secondary N) is 1. The lowest BCUT2D eigenvalue weighted by atomic mass is 10.4. The summed E-state index contributed by atoms with van der Waals surface area (Å²) >= 11 is 0. The predicted octanol–water partition coefficient (Wildman–Crippen LogP) is 1.46. The number of halogens is 1. The van der Waals surface area contributed by atoms with E-state index in [0.29, 0.717) is 11.4 Å². The van der Waals surface area contributed by atoms with Crippen LogP contribution in [0.25, 0.3) is 0 Å². The third kappa shape index (κ3) is 4.10. The first kappa shape index (κ1) is 12.8. The van der Waals surface area contributed by atoms with Crippen LogP contribution in [0.15, 0.2) is 29.2 Å². The van der Waals surface area contributed by atoms with E-state index in [2.05, 4.69) is 5.32 Å². The Labute approximate surface area is 96.5 Å². The van der Waals surface area contributed by atoms with Crippen LogP contribution in [0.4, 0.5) is 4.39 Å². The SMILES string of the molecule is CCCNC(=O)CS(=O)c1ccc(F)cc1. The Kier molecular flexibility index (Phi) is 5.11. The topological polar surface area (TPSA) is 46.2 Å². The highest BCUT2D eigenvalue weighted by molar-refractivity contribution is 7.85. The van der Waals surface area contributed by atoms with Crippen LogP contribution in [0.3, 0.4) is 0 Å². The monoisotopic (exact) mass is 243 g/mol. The van der Waals surface area contributed by atoms with Crippen molar-refractivity contribution in [2.75, 3.05) is 12.3 Å². The molecule has 0 aliphatic heterocycles. The van der Waals surface area contributed by atoms with Gasteiger partial charge >= 0.3 is 0 Å². The van der Waals surface area contributed by atoms with Gasteiger partial charge in [-0.2, -0.15) is 0 Å². The van der Waals surface area contributed by atoms with Gasteiger partial charge in [0.1, 0.15) is 11.6 Å². The Morgan fingerprint density at radius 2 is 2.00 bits per heavy atom. The van der Waals surface area contributed by atoms with Crippen LogP contribution < -0.4 is 5.32 Å². The maximum Gasteiger partial charge on any atom is 0.232 e. The number of hydrogen-bond acceptors (Lipinski definition) is 2. The molecule has 0 aliphatic carbocycles. The standard InChI is InChI=1S/C11H14FNO2S/c1-2-7-13-11(14)8-16(15)10-5-3-9(12)4-6-10/h3-6H,2,7-8H2,1H3,(H,13,14). The molecular weight excluding hydrogens is 229 g/mol. The summed E-state index contributed by atoms with van der Waals surface area (Å²) in [6.07, 6.45) is 0.842. The molecule has 88 valence electrons. The molecule has 1 atom stereocenters. The van der Waals surface area contributed by atoms with E-state index < -0.39 is 10.8 Å². The molecule has 1 aromatic carbocycles. The quantitative estimate of drug-likeness (QED) is 0.851. The highest BCUT2D eigenvalue weighted by Crippen LogP contribution is 2.07. The van der Waals surface area contributed by atoms with Crippen LogP contribution in [0.2, 0.25) is 0 Å². The van der Waals surface area contributed by atoms with Gasteiger partial charge in [0.05, 0.1) is 10.8 Å². The van der Waals surface area contributed by atoms with E-state index in [-0.39, 0.29) is 17.5 Å². The highest BCUT2D eigenvalue weighted by atomic mass is 32.2. The van der Waals surface area contributed by atoms with Gasteiger partial charge in [0, 0.05) is 11.4 Å². The summed E-state index contributed by atoms with van der Waals surface area (Å²) in [7, 11) is -1.40. The van der Waals surface area contributed by atoms with E-state index in [1.54, 1.807) is 0 Å². The second-order valence-corrected chi connectivity index (χ2v) is 4.74. The van der Waals surface area contributed by atoms with Gasteiger partial charge in [-0.3, -0.25) is 9.00 Å². The molecule has 0 fully saturated rings. The molecule has 16 heavy (non-hydrogen) atoms. The lowest BCUT2D eigenvalue weighted by Crippen LogP contribution is -2.28. The largest absolute Gasteiger partial charge is 0.355 e. The molecule has 1 rings (SSSR count). The molecule has 1 N–H and O–H groups in total. The van der Waals surface area contributed by atoms with Crippen molar-refractivity contribution in [3.8, 4) is 0 Å². The molecule has 0 saturated heterocycles. The van der Waals surface area contributed by atoms with E-state index in [1.807, 2.05) is 6.92 Å². The number of carbonyl (C=O) groups is 1. The van der Waals surface area contributed by atoms with Crippen LogP contribution in [0, 0.1) is 5.82 Å². The summed E-state index contributed by atoms with van der Waals surface area (Å²) in [5, 5.41) is 2.64. The van der Waals surface area contributed by atoms with E-state index in [9.17, 15) is 13.4 Å². The average Bonchev–Trinajstić information content (AvgIpc) is 2.27. The molecule has 3 nitrogen and oxygen atoms in total. The summed E-state index contributed by atoms with van der Waals surface area (Å²) in [6.45, 7) is 2.52. The van der Waals surface area contributed by atoms with Gasteiger partial charge < -0.3 is 5.32 Å². The Balaban J connectivity index is 2.52. The van der Waals surface area contributed by atoms with Crippen LogP contribution in [0.1, 0.15) is 13.3 Å². The minimum absolute atomic E-state index is 0.0777. The van der Waals surface area contributed by atoms with Crippen molar-refractivity contribution in [2.24, 2.45) is 0 Å². The van der Waals surface area contributed by atoms with Crippen molar-refractivity contribution in [3.63, 3.8) is 0 Å². The molecule has 0 heterocycles. The van der Waals surface area contributed by atoms with Gasteiger partial charge in [0.2, 0.25) is 5.91 Å². The van der Waals surface area contributed by atoms with Gasteiger partial charge in [-0.25, -0.2) is 4.39 Å². The molecule has 0 saturated carbocycles. The van der Waals surface area contributed by atoms with Gasteiger partial charge in [0.25, 0.3) is 0 Å². The van der Waals surface area contributed by atoms with Crippen molar-refractivity contribution >= 4 is 16.7 Å². The number of carbonyl (C=O) groups excluding carboxylic acids is 1. The molecule has 0 bridgehead atoms. The summed E-state index contributed by atoms with van der Waals surface area (Å²) in [6, 6.07) is 5.32. The normalized spacial score (nSPS) is 12.1. The average molecular weight is 243 g/mol. The minimum Gasteiger partial charge on any atom is -0.355 e. The summed E-state index contributed by atoms with van der Waals surface area (Å²) in [5.41, 5.74) is 0. The maximum atomic E-state index is 12.6. The summed E-state index contributed by atoms with van der Waals surface area (Å²) in [5.74, 6) is -0.702. The number of amides is 1.